The van der Waals surface area contributed by atoms with E-state index in [-0.39, 0.29) is 33.7 Å². The second kappa shape index (κ2) is 9.60. The number of nitrogens with zero attached hydrogens (tertiary/aromatic N) is 3. The first-order valence-corrected chi connectivity index (χ1v) is 12.9. The van der Waals surface area contributed by atoms with Crippen LogP contribution >= 0.6 is 11.6 Å². The van der Waals surface area contributed by atoms with Crippen molar-refractivity contribution >= 4 is 33.2 Å². The van der Waals surface area contributed by atoms with Gasteiger partial charge in [0, 0.05) is 25.8 Å². The molecule has 0 spiro atoms. The van der Waals surface area contributed by atoms with Crippen LogP contribution in [-0.4, -0.2) is 38.0 Å². The molecule has 3 N–H and O–H groups in total. The molecule has 1 aliphatic rings. The lowest BCUT2D eigenvalue weighted by atomic mass is 9.92. The number of rotatable bonds is 7. The first-order valence-electron chi connectivity index (χ1n) is 11.0. The molecule has 0 aliphatic carbocycles. The Morgan fingerprint density at radius 2 is 1.73 bits per heavy atom. The van der Waals surface area contributed by atoms with Gasteiger partial charge >= 0.3 is 6.03 Å². The van der Waals surface area contributed by atoms with Crippen LogP contribution in [0.2, 0.25) is 5.02 Å². The molecule has 33 heavy (non-hydrogen) atoms. The van der Waals surface area contributed by atoms with E-state index in [9.17, 15) is 13.4 Å². The van der Waals surface area contributed by atoms with Crippen LogP contribution in [0, 0.1) is 10.6 Å². The molecule has 2 amide bonds. The largest absolute Gasteiger partial charge is 0.332 e. The van der Waals surface area contributed by atoms with Gasteiger partial charge in [0.15, 0.2) is 14.9 Å². The van der Waals surface area contributed by atoms with Gasteiger partial charge < -0.3 is 5.32 Å². The average Bonchev–Trinajstić information content (AvgIpc) is 2.95. The first kappa shape index (κ1) is 25.5. The summed E-state index contributed by atoms with van der Waals surface area (Å²) in [4.78, 5) is 15.0. The predicted molar refractivity (Wildman–Crippen MR) is 129 cm³/mol. The molecule has 1 fully saturated rings. The Morgan fingerprint density at radius 3 is 2.18 bits per heavy atom. The molecule has 11 heteroatoms. The van der Waals surface area contributed by atoms with Crippen molar-refractivity contribution in [3.63, 3.8) is 0 Å². The Labute approximate surface area is 200 Å². The van der Waals surface area contributed by atoms with E-state index in [1.165, 1.54) is 16.8 Å². The summed E-state index contributed by atoms with van der Waals surface area (Å²) < 4.78 is 39.5. The van der Waals surface area contributed by atoms with Crippen LogP contribution in [-0.2, 0) is 17.0 Å². The topological polar surface area (TPSA) is 103 Å². The van der Waals surface area contributed by atoms with E-state index >= 15 is 0 Å². The van der Waals surface area contributed by atoms with Gasteiger partial charge in [-0.25, -0.2) is 22.9 Å². The summed E-state index contributed by atoms with van der Waals surface area (Å²) >= 11 is 6.51. The van der Waals surface area contributed by atoms with Crippen LogP contribution in [0.15, 0.2) is 17.2 Å². The number of anilines is 1. The van der Waals surface area contributed by atoms with Crippen molar-refractivity contribution in [3.05, 3.63) is 39.8 Å². The summed E-state index contributed by atoms with van der Waals surface area (Å²) in [6.07, 6.45) is 1.10. The second-order valence-corrected chi connectivity index (χ2v) is 11.2. The quantitative estimate of drug-likeness (QED) is 0.477. The maximum absolute atomic E-state index is 14.2. The number of carbonyl (C=O) groups excluding carboxylic acids is 1. The lowest BCUT2D eigenvalue weighted by molar-refractivity contribution is 0.123. The zero-order chi connectivity index (χ0) is 24.7. The van der Waals surface area contributed by atoms with E-state index in [1.807, 2.05) is 34.6 Å². The number of hydrogen-bond acceptors (Lipinski definition) is 5. The first-order chi connectivity index (χ1) is 15.3. The molecule has 0 bridgehead atoms. The second-order valence-electron chi connectivity index (χ2n) is 9.07. The van der Waals surface area contributed by atoms with Crippen LogP contribution in [0.1, 0.15) is 75.7 Å². The van der Waals surface area contributed by atoms with Gasteiger partial charge in [-0.05, 0) is 48.4 Å². The van der Waals surface area contributed by atoms with E-state index < -0.39 is 15.9 Å². The molecule has 2 unspecified atom stereocenters. The fraction of sp³-hybridized carbons (Fsp3) is 0.545. The molecule has 0 radical (unpaired) electrons. The normalized spacial score (nSPS) is 17.0. The molecule has 1 aliphatic heterocycles. The molecule has 2 atom stereocenters. The van der Waals surface area contributed by atoms with Crippen LogP contribution < -0.4 is 10.0 Å². The standard InChI is InChI=1S/C22H32ClFN6O2S/c1-12(2)16-10-15(24)11-17(13(3)4)19(16)26-22(31)28-33(25,32)21-18(23)20(29(6)27-21)14(5)30-8-7-9-30/h10-14H,7-9H2,1-6H3,(H3,25,26,28,31,32). The van der Waals surface area contributed by atoms with Crippen LogP contribution in [0.5, 0.6) is 0 Å². The van der Waals surface area contributed by atoms with Gasteiger partial charge in [0.1, 0.15) is 10.8 Å². The highest BCUT2D eigenvalue weighted by atomic mass is 35.5. The van der Waals surface area contributed by atoms with Crippen molar-refractivity contribution in [2.75, 3.05) is 18.4 Å². The summed E-state index contributed by atoms with van der Waals surface area (Å²) in [5.41, 5.74) is 2.34. The molecular formula is C22H32ClFN6O2S. The molecular weight excluding hydrogens is 467 g/mol. The molecule has 1 aromatic heterocycles. The number of nitrogens with one attached hydrogen (secondary N) is 3. The monoisotopic (exact) mass is 498 g/mol. The minimum Gasteiger partial charge on any atom is -0.307 e. The number of aromatic nitrogens is 2. The molecule has 8 nitrogen and oxygen atoms in total. The van der Waals surface area contributed by atoms with Gasteiger partial charge in [0.25, 0.3) is 0 Å². The van der Waals surface area contributed by atoms with Crippen molar-refractivity contribution in [2.24, 2.45) is 7.05 Å². The average molecular weight is 499 g/mol. The number of aryl methyl sites for hydroxylation is 1. The summed E-state index contributed by atoms with van der Waals surface area (Å²) in [5.74, 6) is -0.518. The van der Waals surface area contributed by atoms with E-state index in [0.29, 0.717) is 22.5 Å². The Kier molecular flexibility index (Phi) is 7.40. The maximum Gasteiger partial charge on any atom is 0.332 e. The smallest absolute Gasteiger partial charge is 0.307 e. The van der Waals surface area contributed by atoms with Gasteiger partial charge in [-0.2, -0.15) is 5.10 Å². The number of likely N-dealkylation sites (tertiary alicyclic amines) is 1. The fourth-order valence-electron chi connectivity index (χ4n) is 4.05. The zero-order valence-electron chi connectivity index (χ0n) is 19.8. The van der Waals surface area contributed by atoms with Crippen molar-refractivity contribution in [3.8, 4) is 0 Å². The van der Waals surface area contributed by atoms with Crippen LogP contribution in [0.25, 0.3) is 0 Å². The highest BCUT2D eigenvalue weighted by Crippen LogP contribution is 2.35. The molecule has 3 rings (SSSR count). The third-order valence-electron chi connectivity index (χ3n) is 5.99. The van der Waals surface area contributed by atoms with Crippen molar-refractivity contribution < 1.29 is 13.4 Å². The Balaban J connectivity index is 1.89. The SMILES string of the molecule is CC(C)c1cc(F)cc(C(C)C)c1NC(=O)NS(=N)(=O)c1nn(C)c(C(C)N2CCC2)c1Cl. The summed E-state index contributed by atoms with van der Waals surface area (Å²) in [6, 6.07) is 1.86. The fourth-order valence-corrected chi connectivity index (χ4v) is 5.69. The summed E-state index contributed by atoms with van der Waals surface area (Å²) in [7, 11) is -2.17. The highest BCUT2D eigenvalue weighted by Gasteiger charge is 2.31. The van der Waals surface area contributed by atoms with E-state index in [0.717, 1.165) is 19.5 Å². The molecule has 0 saturated carbocycles. The third kappa shape index (κ3) is 5.17. The number of urea groups is 1. The number of amides is 2. The molecule has 2 aromatic rings. The molecule has 2 heterocycles. The van der Waals surface area contributed by atoms with E-state index in [1.54, 1.807) is 7.05 Å². The molecule has 182 valence electrons. The number of hydrogen-bond donors (Lipinski definition) is 3. The highest BCUT2D eigenvalue weighted by molar-refractivity contribution is 7.91. The van der Waals surface area contributed by atoms with Crippen LogP contribution in [0.4, 0.5) is 14.9 Å². The number of carbonyl (C=O) groups is 1. The predicted octanol–water partition coefficient (Wildman–Crippen LogP) is 5.37. The Morgan fingerprint density at radius 1 is 1.18 bits per heavy atom. The van der Waals surface area contributed by atoms with E-state index in [2.05, 4.69) is 20.0 Å². The maximum atomic E-state index is 14.2. The molecule has 1 aromatic carbocycles. The van der Waals surface area contributed by atoms with Crippen LogP contribution in [0.3, 0.4) is 0 Å². The lowest BCUT2D eigenvalue weighted by Gasteiger charge is -2.36. The van der Waals surface area contributed by atoms with Crippen molar-refractivity contribution in [2.45, 2.75) is 63.9 Å². The Hall–Kier alpha value is -2.17. The minimum absolute atomic E-state index is 0.0528. The van der Waals surface area contributed by atoms with Gasteiger partial charge in [0.2, 0.25) is 0 Å². The zero-order valence-corrected chi connectivity index (χ0v) is 21.4. The van der Waals surface area contributed by atoms with Gasteiger partial charge in [0.05, 0.1) is 11.7 Å². The van der Waals surface area contributed by atoms with Crippen molar-refractivity contribution in [1.29, 1.82) is 4.78 Å². The van der Waals surface area contributed by atoms with Crippen molar-refractivity contribution in [1.82, 2.24) is 19.4 Å². The van der Waals surface area contributed by atoms with E-state index in [4.69, 9.17) is 16.4 Å². The van der Waals surface area contributed by atoms with Gasteiger partial charge in [-0.15, -0.1) is 0 Å². The third-order valence-corrected chi connectivity index (χ3v) is 7.78. The number of halogens is 2. The number of benzene rings is 1. The minimum atomic E-state index is -3.85. The lowest BCUT2D eigenvalue weighted by Crippen LogP contribution is -2.39. The summed E-state index contributed by atoms with van der Waals surface area (Å²) in [6.45, 7) is 11.4. The Bertz CT molecular complexity index is 1130. The van der Waals surface area contributed by atoms with Gasteiger partial charge in [-0.3, -0.25) is 9.58 Å². The molecule has 1 saturated heterocycles. The summed E-state index contributed by atoms with van der Waals surface area (Å²) in [5, 5.41) is 6.83. The van der Waals surface area contributed by atoms with Gasteiger partial charge in [-0.1, -0.05) is 39.3 Å².